The highest BCUT2D eigenvalue weighted by molar-refractivity contribution is 6.30. The Kier molecular flexibility index (Phi) is 4.24. The lowest BCUT2D eigenvalue weighted by atomic mass is 10.3. The van der Waals surface area contributed by atoms with E-state index in [1.54, 1.807) is 0 Å². The number of esters is 1. The highest BCUT2D eigenvalue weighted by atomic mass is 35.5. The van der Waals surface area contributed by atoms with E-state index in [4.69, 9.17) is 11.6 Å². The standard InChI is InChI=1S/C10H6ClF5O3/c1-18-7-4-5(11)2-3-6(7)19-8(17)9(12,13)10(14,15)16/h2-4H,1H3. The average molecular weight is 305 g/mol. The molecule has 19 heavy (non-hydrogen) atoms. The lowest BCUT2D eigenvalue weighted by molar-refractivity contribution is -0.276. The lowest BCUT2D eigenvalue weighted by Crippen LogP contribution is -2.46. The summed E-state index contributed by atoms with van der Waals surface area (Å²) in [5.74, 6) is -9.21. The van der Waals surface area contributed by atoms with Crippen molar-refractivity contribution in [3.05, 3.63) is 23.2 Å². The first-order valence-corrected chi connectivity index (χ1v) is 4.97. The molecule has 3 nitrogen and oxygen atoms in total. The predicted octanol–water partition coefficient (Wildman–Crippen LogP) is 3.45. The summed E-state index contributed by atoms with van der Waals surface area (Å²) in [6.45, 7) is 0. The Morgan fingerprint density at radius 2 is 1.74 bits per heavy atom. The Balaban J connectivity index is 3.01. The molecule has 0 unspecified atom stereocenters. The number of halogens is 6. The van der Waals surface area contributed by atoms with Crippen LogP contribution in [0.1, 0.15) is 0 Å². The number of alkyl halides is 5. The quantitative estimate of drug-likeness (QED) is 0.487. The number of carbonyl (C=O) groups excluding carboxylic acids is 1. The zero-order valence-corrected chi connectivity index (χ0v) is 9.98. The lowest BCUT2D eigenvalue weighted by Gasteiger charge is -2.18. The minimum Gasteiger partial charge on any atom is -0.493 e. The number of carbonyl (C=O) groups is 1. The molecular weight excluding hydrogens is 299 g/mol. The Bertz CT molecular complexity index is 487. The molecule has 0 aromatic heterocycles. The highest BCUT2D eigenvalue weighted by Crippen LogP contribution is 2.38. The maximum Gasteiger partial charge on any atom is 0.465 e. The van der Waals surface area contributed by atoms with E-state index < -0.39 is 23.8 Å². The van der Waals surface area contributed by atoms with Crippen molar-refractivity contribution in [2.24, 2.45) is 0 Å². The zero-order chi connectivity index (χ0) is 14.8. The van der Waals surface area contributed by atoms with Gasteiger partial charge in [0.25, 0.3) is 0 Å². The van der Waals surface area contributed by atoms with Crippen molar-refractivity contribution in [1.82, 2.24) is 0 Å². The van der Waals surface area contributed by atoms with E-state index in [-0.39, 0.29) is 10.8 Å². The third-order valence-corrected chi connectivity index (χ3v) is 2.18. The van der Waals surface area contributed by atoms with Crippen molar-refractivity contribution in [2.75, 3.05) is 7.11 Å². The molecule has 1 rings (SSSR count). The van der Waals surface area contributed by atoms with Crippen LogP contribution in [0.5, 0.6) is 11.5 Å². The van der Waals surface area contributed by atoms with Gasteiger partial charge in [-0.2, -0.15) is 22.0 Å². The van der Waals surface area contributed by atoms with Gasteiger partial charge in [-0.05, 0) is 12.1 Å². The van der Waals surface area contributed by atoms with Crippen LogP contribution < -0.4 is 9.47 Å². The van der Waals surface area contributed by atoms with Crippen molar-refractivity contribution in [2.45, 2.75) is 12.1 Å². The third-order valence-electron chi connectivity index (χ3n) is 1.94. The average Bonchev–Trinajstić information content (AvgIpc) is 2.29. The molecule has 9 heteroatoms. The second-order valence-corrected chi connectivity index (χ2v) is 3.69. The van der Waals surface area contributed by atoms with Gasteiger partial charge in [-0.15, -0.1) is 0 Å². The molecule has 0 heterocycles. The van der Waals surface area contributed by atoms with Crippen LogP contribution in [0.4, 0.5) is 22.0 Å². The smallest absolute Gasteiger partial charge is 0.465 e. The first-order chi connectivity index (χ1) is 8.59. The van der Waals surface area contributed by atoms with Crippen LogP contribution in [-0.4, -0.2) is 25.2 Å². The van der Waals surface area contributed by atoms with E-state index in [0.717, 1.165) is 25.3 Å². The van der Waals surface area contributed by atoms with Crippen LogP contribution >= 0.6 is 11.6 Å². The molecular formula is C10H6ClF5O3. The van der Waals surface area contributed by atoms with Crippen LogP contribution in [0, 0.1) is 0 Å². The summed E-state index contributed by atoms with van der Waals surface area (Å²) in [5, 5.41) is 0.124. The monoisotopic (exact) mass is 304 g/mol. The fourth-order valence-corrected chi connectivity index (χ4v) is 1.17. The molecule has 0 saturated carbocycles. The third kappa shape index (κ3) is 3.25. The van der Waals surface area contributed by atoms with Gasteiger partial charge in [-0.3, -0.25) is 0 Å². The van der Waals surface area contributed by atoms with E-state index in [0.29, 0.717) is 0 Å². The molecule has 0 radical (unpaired) electrons. The molecule has 0 aliphatic heterocycles. The first kappa shape index (κ1) is 15.5. The van der Waals surface area contributed by atoms with Gasteiger partial charge in [0.1, 0.15) is 0 Å². The van der Waals surface area contributed by atoms with Gasteiger partial charge >= 0.3 is 18.1 Å². The van der Waals surface area contributed by atoms with Crippen LogP contribution in [0.2, 0.25) is 5.02 Å². The molecule has 0 atom stereocenters. The molecule has 0 aliphatic rings. The molecule has 0 bridgehead atoms. The molecule has 0 saturated heterocycles. The Morgan fingerprint density at radius 3 is 2.21 bits per heavy atom. The summed E-state index contributed by atoms with van der Waals surface area (Å²) in [6, 6.07) is 3.17. The number of benzene rings is 1. The maximum absolute atomic E-state index is 12.7. The number of ether oxygens (including phenoxy) is 2. The minimum atomic E-state index is -6.04. The molecule has 106 valence electrons. The predicted molar refractivity (Wildman–Crippen MR) is 54.6 cm³/mol. The van der Waals surface area contributed by atoms with E-state index >= 15 is 0 Å². The summed E-state index contributed by atoms with van der Waals surface area (Å²) in [4.78, 5) is 10.9. The number of rotatable bonds is 3. The number of hydrogen-bond donors (Lipinski definition) is 0. The van der Waals surface area contributed by atoms with Gasteiger partial charge in [0.15, 0.2) is 11.5 Å². The van der Waals surface area contributed by atoms with Crippen LogP contribution in [0.3, 0.4) is 0 Å². The summed E-state index contributed by atoms with van der Waals surface area (Å²) >= 11 is 5.55. The number of methoxy groups -OCH3 is 1. The summed E-state index contributed by atoms with van der Waals surface area (Å²) in [7, 11) is 1.10. The fourth-order valence-electron chi connectivity index (χ4n) is 1.01. The zero-order valence-electron chi connectivity index (χ0n) is 9.22. The highest BCUT2D eigenvalue weighted by Gasteiger charge is 2.65. The van der Waals surface area contributed by atoms with Gasteiger partial charge in [0, 0.05) is 11.1 Å². The second kappa shape index (κ2) is 5.20. The van der Waals surface area contributed by atoms with E-state index in [1.807, 2.05) is 0 Å². The molecule has 0 aliphatic carbocycles. The Labute approximate surface area is 108 Å². The maximum atomic E-state index is 12.7. The van der Waals surface area contributed by atoms with E-state index in [1.165, 1.54) is 0 Å². The topological polar surface area (TPSA) is 35.5 Å². The van der Waals surface area contributed by atoms with Gasteiger partial charge < -0.3 is 9.47 Å². The molecule has 1 aromatic carbocycles. The molecule has 0 N–H and O–H groups in total. The SMILES string of the molecule is COc1cc(Cl)ccc1OC(=O)C(F)(F)C(F)(F)F. The van der Waals surface area contributed by atoms with Crippen molar-refractivity contribution in [3.63, 3.8) is 0 Å². The minimum absolute atomic E-state index is 0.124. The second-order valence-electron chi connectivity index (χ2n) is 3.26. The Morgan fingerprint density at radius 1 is 1.16 bits per heavy atom. The van der Waals surface area contributed by atoms with Gasteiger partial charge in [0.2, 0.25) is 0 Å². The van der Waals surface area contributed by atoms with Crippen molar-refractivity contribution in [3.8, 4) is 11.5 Å². The molecule has 1 aromatic rings. The molecule has 0 fully saturated rings. The van der Waals surface area contributed by atoms with Crippen molar-refractivity contribution < 1.29 is 36.2 Å². The first-order valence-electron chi connectivity index (χ1n) is 4.60. The van der Waals surface area contributed by atoms with Crippen LogP contribution in [-0.2, 0) is 4.79 Å². The van der Waals surface area contributed by atoms with Gasteiger partial charge in [0.05, 0.1) is 7.11 Å². The largest absolute Gasteiger partial charge is 0.493 e. The van der Waals surface area contributed by atoms with Crippen molar-refractivity contribution in [1.29, 1.82) is 0 Å². The van der Waals surface area contributed by atoms with Crippen LogP contribution in [0.25, 0.3) is 0 Å². The van der Waals surface area contributed by atoms with Crippen LogP contribution in [0.15, 0.2) is 18.2 Å². The van der Waals surface area contributed by atoms with Crippen molar-refractivity contribution >= 4 is 17.6 Å². The molecule has 0 amide bonds. The summed E-state index contributed by atoms with van der Waals surface area (Å²) < 4.78 is 69.7. The van der Waals surface area contributed by atoms with E-state index in [2.05, 4.69) is 9.47 Å². The van der Waals surface area contributed by atoms with Gasteiger partial charge in [-0.1, -0.05) is 11.6 Å². The summed E-state index contributed by atoms with van der Waals surface area (Å²) in [5.41, 5.74) is 0. The fraction of sp³-hybridized carbons (Fsp3) is 0.300. The summed E-state index contributed by atoms with van der Waals surface area (Å²) in [6.07, 6.45) is -6.04. The van der Waals surface area contributed by atoms with Gasteiger partial charge in [-0.25, -0.2) is 4.79 Å². The Hall–Kier alpha value is -1.57. The normalized spacial score (nSPS) is 12.2. The molecule has 0 spiro atoms. The number of hydrogen-bond acceptors (Lipinski definition) is 3. The van der Waals surface area contributed by atoms with E-state index in [9.17, 15) is 26.7 Å².